The van der Waals surface area contributed by atoms with E-state index < -0.39 is 17.4 Å². The maximum atomic E-state index is 12.6. The summed E-state index contributed by atoms with van der Waals surface area (Å²) >= 11 is 0. The van der Waals surface area contributed by atoms with Crippen LogP contribution < -0.4 is 0 Å². The van der Waals surface area contributed by atoms with E-state index in [2.05, 4.69) is 0 Å². The zero-order valence-electron chi connectivity index (χ0n) is 14.5. The van der Waals surface area contributed by atoms with Gasteiger partial charge in [0.15, 0.2) is 5.41 Å². The highest BCUT2D eigenvalue weighted by molar-refractivity contribution is 6.00. The molecule has 0 rings (SSSR count). The zero-order valence-corrected chi connectivity index (χ0v) is 14.5. The van der Waals surface area contributed by atoms with Crippen molar-refractivity contribution in [3.8, 4) is 0 Å². The molecule has 0 bridgehead atoms. The van der Waals surface area contributed by atoms with Crippen molar-refractivity contribution in [1.82, 2.24) is 0 Å². The Hall–Kier alpha value is -1.06. The van der Waals surface area contributed by atoms with Crippen molar-refractivity contribution in [3.05, 3.63) is 0 Å². The molecular formula is C17H32O4. The molecule has 4 nitrogen and oxygen atoms in total. The van der Waals surface area contributed by atoms with Crippen LogP contribution in [-0.4, -0.2) is 25.2 Å². The summed E-state index contributed by atoms with van der Waals surface area (Å²) in [5.41, 5.74) is -1.16. The van der Waals surface area contributed by atoms with Crippen LogP contribution in [0.2, 0.25) is 0 Å². The van der Waals surface area contributed by atoms with Crippen LogP contribution in [0.4, 0.5) is 0 Å². The van der Waals surface area contributed by atoms with Gasteiger partial charge in [-0.05, 0) is 37.5 Å². The Morgan fingerprint density at radius 2 is 1.14 bits per heavy atom. The first-order valence-electron chi connectivity index (χ1n) is 8.14. The summed E-state index contributed by atoms with van der Waals surface area (Å²) in [6.45, 7) is 12.6. The lowest BCUT2D eigenvalue weighted by molar-refractivity contribution is -0.175. The van der Waals surface area contributed by atoms with Gasteiger partial charge in [0.2, 0.25) is 0 Å². The second-order valence-electron chi connectivity index (χ2n) is 6.55. The van der Waals surface area contributed by atoms with E-state index in [0.717, 1.165) is 12.8 Å². The molecule has 124 valence electrons. The fraction of sp³-hybridized carbons (Fsp3) is 0.882. The van der Waals surface area contributed by atoms with Crippen LogP contribution in [0.25, 0.3) is 0 Å². The predicted molar refractivity (Wildman–Crippen MR) is 83.8 cm³/mol. The lowest BCUT2D eigenvalue weighted by Gasteiger charge is -2.32. The number of carbonyl (C=O) groups excluding carboxylic acids is 2. The molecule has 0 aromatic rings. The lowest BCUT2D eigenvalue weighted by atomic mass is 9.74. The van der Waals surface area contributed by atoms with Gasteiger partial charge in [0, 0.05) is 0 Å². The van der Waals surface area contributed by atoms with Crippen LogP contribution >= 0.6 is 0 Å². The summed E-state index contributed by atoms with van der Waals surface area (Å²) in [4.78, 5) is 25.2. The molecule has 0 saturated carbocycles. The molecule has 0 radical (unpaired) electrons. The van der Waals surface area contributed by atoms with Gasteiger partial charge in [-0.15, -0.1) is 0 Å². The maximum Gasteiger partial charge on any atom is 0.323 e. The van der Waals surface area contributed by atoms with Crippen molar-refractivity contribution in [2.45, 2.75) is 67.2 Å². The standard InChI is InChI=1S/C17H32O4/c1-7-9-20-15(18)17(11-13(3)4,12-14(5)6)16(19)21-10-8-2/h13-14H,7-12H2,1-6H3. The molecular weight excluding hydrogens is 268 g/mol. The monoisotopic (exact) mass is 300 g/mol. The van der Waals surface area contributed by atoms with E-state index >= 15 is 0 Å². The van der Waals surface area contributed by atoms with E-state index in [4.69, 9.17) is 9.47 Å². The average Bonchev–Trinajstić information content (AvgIpc) is 2.39. The van der Waals surface area contributed by atoms with E-state index in [0.29, 0.717) is 26.1 Å². The van der Waals surface area contributed by atoms with Crippen LogP contribution in [0.5, 0.6) is 0 Å². The van der Waals surface area contributed by atoms with Crippen LogP contribution in [0.1, 0.15) is 67.2 Å². The topological polar surface area (TPSA) is 52.6 Å². The van der Waals surface area contributed by atoms with E-state index in [1.807, 2.05) is 41.5 Å². The second kappa shape index (κ2) is 9.80. The highest BCUT2D eigenvalue weighted by Crippen LogP contribution is 2.37. The third-order valence-corrected chi connectivity index (χ3v) is 3.17. The maximum absolute atomic E-state index is 12.6. The average molecular weight is 300 g/mol. The molecule has 0 heterocycles. The van der Waals surface area contributed by atoms with Crippen LogP contribution in [0, 0.1) is 17.3 Å². The zero-order chi connectivity index (χ0) is 16.5. The third kappa shape index (κ3) is 6.49. The van der Waals surface area contributed by atoms with Crippen LogP contribution in [0.3, 0.4) is 0 Å². The first kappa shape index (κ1) is 19.9. The predicted octanol–water partition coefficient (Wildman–Crippen LogP) is 3.97. The van der Waals surface area contributed by atoms with Crippen molar-refractivity contribution in [1.29, 1.82) is 0 Å². The summed E-state index contributed by atoms with van der Waals surface area (Å²) < 4.78 is 10.6. The first-order valence-corrected chi connectivity index (χ1v) is 8.14. The minimum absolute atomic E-state index is 0.215. The largest absolute Gasteiger partial charge is 0.465 e. The Bertz CT molecular complexity index is 289. The number of hydrogen-bond acceptors (Lipinski definition) is 4. The molecule has 0 aromatic heterocycles. The molecule has 0 spiro atoms. The first-order chi connectivity index (χ1) is 9.80. The van der Waals surface area contributed by atoms with Crippen molar-refractivity contribution < 1.29 is 19.1 Å². The number of hydrogen-bond donors (Lipinski definition) is 0. The van der Waals surface area contributed by atoms with Gasteiger partial charge in [-0.2, -0.15) is 0 Å². The summed E-state index contributed by atoms with van der Waals surface area (Å²) in [7, 11) is 0. The summed E-state index contributed by atoms with van der Waals surface area (Å²) in [5, 5.41) is 0. The SMILES string of the molecule is CCCOC(=O)C(CC(C)C)(CC(C)C)C(=O)OCCC. The Balaban J connectivity index is 5.38. The van der Waals surface area contributed by atoms with Gasteiger partial charge in [0.1, 0.15) is 0 Å². The Morgan fingerprint density at radius 3 is 1.38 bits per heavy atom. The molecule has 0 aliphatic rings. The van der Waals surface area contributed by atoms with Crippen molar-refractivity contribution in [2.75, 3.05) is 13.2 Å². The van der Waals surface area contributed by atoms with Gasteiger partial charge >= 0.3 is 11.9 Å². The number of ether oxygens (including phenoxy) is 2. The molecule has 0 atom stereocenters. The number of esters is 2. The molecule has 4 heteroatoms. The normalized spacial score (nSPS) is 11.8. The highest BCUT2D eigenvalue weighted by atomic mass is 16.6. The third-order valence-electron chi connectivity index (χ3n) is 3.17. The minimum atomic E-state index is -1.16. The summed E-state index contributed by atoms with van der Waals surface area (Å²) in [5.74, 6) is -0.417. The number of rotatable bonds is 10. The van der Waals surface area contributed by atoms with Gasteiger partial charge in [-0.25, -0.2) is 0 Å². The van der Waals surface area contributed by atoms with Crippen molar-refractivity contribution >= 4 is 11.9 Å². The highest BCUT2D eigenvalue weighted by Gasteiger charge is 2.49. The van der Waals surface area contributed by atoms with Crippen molar-refractivity contribution in [3.63, 3.8) is 0 Å². The van der Waals surface area contributed by atoms with Gasteiger partial charge < -0.3 is 9.47 Å². The Kier molecular flexibility index (Phi) is 9.31. The summed E-state index contributed by atoms with van der Waals surface area (Å²) in [6.07, 6.45) is 2.43. The van der Waals surface area contributed by atoms with Crippen molar-refractivity contribution in [2.24, 2.45) is 17.3 Å². The fourth-order valence-electron chi connectivity index (χ4n) is 2.56. The van der Waals surface area contributed by atoms with E-state index in [-0.39, 0.29) is 11.8 Å². The second-order valence-corrected chi connectivity index (χ2v) is 6.55. The van der Waals surface area contributed by atoms with Crippen LogP contribution in [-0.2, 0) is 19.1 Å². The smallest absolute Gasteiger partial charge is 0.323 e. The van der Waals surface area contributed by atoms with Gasteiger partial charge in [0.25, 0.3) is 0 Å². The Morgan fingerprint density at radius 1 is 0.810 bits per heavy atom. The molecule has 0 N–H and O–H groups in total. The fourth-order valence-corrected chi connectivity index (χ4v) is 2.56. The minimum Gasteiger partial charge on any atom is -0.465 e. The lowest BCUT2D eigenvalue weighted by Crippen LogP contribution is -2.44. The molecule has 0 fully saturated rings. The molecule has 0 aromatic carbocycles. The van der Waals surface area contributed by atoms with E-state index in [9.17, 15) is 9.59 Å². The summed E-state index contributed by atoms with van der Waals surface area (Å²) in [6, 6.07) is 0. The van der Waals surface area contributed by atoms with E-state index in [1.165, 1.54) is 0 Å². The number of carbonyl (C=O) groups is 2. The molecule has 0 aliphatic carbocycles. The van der Waals surface area contributed by atoms with Gasteiger partial charge in [0.05, 0.1) is 13.2 Å². The molecule has 0 aliphatic heterocycles. The van der Waals surface area contributed by atoms with E-state index in [1.54, 1.807) is 0 Å². The molecule has 0 unspecified atom stereocenters. The molecule has 21 heavy (non-hydrogen) atoms. The van der Waals surface area contributed by atoms with Crippen LogP contribution in [0.15, 0.2) is 0 Å². The van der Waals surface area contributed by atoms with Gasteiger partial charge in [-0.3, -0.25) is 9.59 Å². The van der Waals surface area contributed by atoms with Gasteiger partial charge in [-0.1, -0.05) is 41.5 Å². The molecule has 0 amide bonds. The quantitative estimate of drug-likeness (QED) is 0.452. The molecule has 0 saturated heterocycles. The Labute approximate surface area is 129 Å².